The minimum absolute atomic E-state index is 0.134. The predicted octanol–water partition coefficient (Wildman–Crippen LogP) is 3.02. The van der Waals surface area contributed by atoms with Crippen LogP contribution in [0.4, 0.5) is 5.69 Å². The van der Waals surface area contributed by atoms with E-state index < -0.39 is 0 Å². The Hall–Kier alpha value is -2.82. The molecule has 0 aromatic heterocycles. The summed E-state index contributed by atoms with van der Waals surface area (Å²) >= 11 is 0. The first-order valence-electron chi connectivity index (χ1n) is 7.93. The van der Waals surface area contributed by atoms with Gasteiger partial charge in [-0.3, -0.25) is 9.59 Å². The molecule has 126 valence electrons. The van der Waals surface area contributed by atoms with Gasteiger partial charge in [0, 0.05) is 24.2 Å². The molecule has 24 heavy (non-hydrogen) atoms. The number of carbonyl (C=O) groups excluding carboxylic acids is 2. The highest BCUT2D eigenvalue weighted by Crippen LogP contribution is 2.12. The summed E-state index contributed by atoms with van der Waals surface area (Å²) in [5.41, 5.74) is 2.49. The molecule has 0 aliphatic rings. The molecule has 0 fully saturated rings. The standard InChI is InChI=1S/C19H22N2O3/c1-3-14-7-9-16(10-8-14)21-18(22)11-12-20-19(23)15-5-4-6-17(13-15)24-2/h4-10,13H,3,11-12H2,1-2H3,(H,20,23)(H,21,22). The lowest BCUT2D eigenvalue weighted by Crippen LogP contribution is -2.27. The summed E-state index contributed by atoms with van der Waals surface area (Å²) in [6.45, 7) is 2.35. The van der Waals surface area contributed by atoms with E-state index in [2.05, 4.69) is 17.6 Å². The van der Waals surface area contributed by atoms with Crippen LogP contribution in [0.2, 0.25) is 0 Å². The van der Waals surface area contributed by atoms with Crippen LogP contribution in [0.15, 0.2) is 48.5 Å². The molecular formula is C19H22N2O3. The van der Waals surface area contributed by atoms with Crippen LogP contribution in [0.1, 0.15) is 29.3 Å². The van der Waals surface area contributed by atoms with Gasteiger partial charge in [0.2, 0.25) is 5.91 Å². The molecule has 2 aromatic carbocycles. The van der Waals surface area contributed by atoms with Gasteiger partial charge in [0.25, 0.3) is 5.91 Å². The topological polar surface area (TPSA) is 67.4 Å². The van der Waals surface area contributed by atoms with Crippen LogP contribution in [-0.2, 0) is 11.2 Å². The number of hydrogen-bond donors (Lipinski definition) is 2. The van der Waals surface area contributed by atoms with E-state index in [1.807, 2.05) is 24.3 Å². The number of methoxy groups -OCH3 is 1. The number of anilines is 1. The lowest BCUT2D eigenvalue weighted by Gasteiger charge is -2.08. The molecule has 0 bridgehead atoms. The fourth-order valence-corrected chi connectivity index (χ4v) is 2.20. The molecule has 0 atom stereocenters. The molecule has 0 unspecified atom stereocenters. The number of ether oxygens (including phenoxy) is 1. The number of nitrogens with one attached hydrogen (secondary N) is 2. The molecule has 5 nitrogen and oxygen atoms in total. The smallest absolute Gasteiger partial charge is 0.251 e. The van der Waals surface area contributed by atoms with Crippen LogP contribution < -0.4 is 15.4 Å². The molecule has 5 heteroatoms. The van der Waals surface area contributed by atoms with Gasteiger partial charge in [0.15, 0.2) is 0 Å². The summed E-state index contributed by atoms with van der Waals surface area (Å²) in [6.07, 6.45) is 1.18. The number of carbonyl (C=O) groups is 2. The number of benzene rings is 2. The van der Waals surface area contributed by atoms with Gasteiger partial charge in [0.05, 0.1) is 7.11 Å². The normalized spacial score (nSPS) is 10.1. The quantitative estimate of drug-likeness (QED) is 0.822. The zero-order chi connectivity index (χ0) is 17.4. The average molecular weight is 326 g/mol. The Morgan fingerprint density at radius 1 is 1.08 bits per heavy atom. The van der Waals surface area contributed by atoms with Gasteiger partial charge in [-0.15, -0.1) is 0 Å². The number of rotatable bonds is 7. The van der Waals surface area contributed by atoms with Crippen LogP contribution in [0.3, 0.4) is 0 Å². The van der Waals surface area contributed by atoms with Gasteiger partial charge in [-0.1, -0.05) is 25.1 Å². The largest absolute Gasteiger partial charge is 0.497 e. The molecular weight excluding hydrogens is 304 g/mol. The summed E-state index contributed by atoms with van der Waals surface area (Å²) in [6, 6.07) is 14.6. The van der Waals surface area contributed by atoms with Gasteiger partial charge >= 0.3 is 0 Å². The van der Waals surface area contributed by atoms with Crippen molar-refractivity contribution in [3.05, 3.63) is 59.7 Å². The van der Waals surface area contributed by atoms with Gasteiger partial charge in [-0.25, -0.2) is 0 Å². The van der Waals surface area contributed by atoms with Gasteiger partial charge in [-0.2, -0.15) is 0 Å². The molecule has 0 saturated carbocycles. The van der Waals surface area contributed by atoms with Crippen molar-refractivity contribution >= 4 is 17.5 Å². The highest BCUT2D eigenvalue weighted by molar-refractivity contribution is 5.95. The molecule has 2 rings (SSSR count). The second kappa shape index (κ2) is 8.72. The van der Waals surface area contributed by atoms with Crippen molar-refractivity contribution in [1.82, 2.24) is 5.32 Å². The van der Waals surface area contributed by atoms with E-state index >= 15 is 0 Å². The van der Waals surface area contributed by atoms with E-state index in [4.69, 9.17) is 4.74 Å². The van der Waals surface area contributed by atoms with Crippen molar-refractivity contribution in [2.75, 3.05) is 19.0 Å². The molecule has 0 spiro atoms. The van der Waals surface area contributed by atoms with Gasteiger partial charge < -0.3 is 15.4 Å². The molecule has 0 aliphatic heterocycles. The molecule has 2 aromatic rings. The van der Waals surface area contributed by atoms with E-state index in [1.54, 1.807) is 31.4 Å². The maximum absolute atomic E-state index is 12.0. The number of hydrogen-bond acceptors (Lipinski definition) is 3. The van der Waals surface area contributed by atoms with E-state index in [0.717, 1.165) is 12.1 Å². The fourth-order valence-electron chi connectivity index (χ4n) is 2.20. The van der Waals surface area contributed by atoms with Gasteiger partial charge in [0.1, 0.15) is 5.75 Å². The van der Waals surface area contributed by atoms with Crippen LogP contribution in [0.5, 0.6) is 5.75 Å². The van der Waals surface area contributed by atoms with E-state index in [-0.39, 0.29) is 24.8 Å². The van der Waals surface area contributed by atoms with Crippen LogP contribution in [0, 0.1) is 0 Å². The zero-order valence-electron chi connectivity index (χ0n) is 14.0. The fraction of sp³-hybridized carbons (Fsp3) is 0.263. The second-order valence-corrected chi connectivity index (χ2v) is 5.34. The summed E-state index contributed by atoms with van der Waals surface area (Å²) in [7, 11) is 1.55. The van der Waals surface area contributed by atoms with Crippen molar-refractivity contribution in [3.63, 3.8) is 0 Å². The first kappa shape index (κ1) is 17.5. The van der Waals surface area contributed by atoms with Crippen molar-refractivity contribution in [1.29, 1.82) is 0 Å². The molecule has 0 aliphatic carbocycles. The molecule has 0 radical (unpaired) electrons. The Kier molecular flexibility index (Phi) is 6.37. The molecule has 2 N–H and O–H groups in total. The molecule has 2 amide bonds. The molecule has 0 saturated heterocycles. The SMILES string of the molecule is CCc1ccc(NC(=O)CCNC(=O)c2cccc(OC)c2)cc1. The van der Waals surface area contributed by atoms with Gasteiger partial charge in [-0.05, 0) is 42.3 Å². The summed E-state index contributed by atoms with van der Waals surface area (Å²) in [4.78, 5) is 23.9. The van der Waals surface area contributed by atoms with Crippen molar-refractivity contribution in [2.45, 2.75) is 19.8 Å². The van der Waals surface area contributed by atoms with Crippen LogP contribution >= 0.6 is 0 Å². The monoisotopic (exact) mass is 326 g/mol. The predicted molar refractivity (Wildman–Crippen MR) is 94.4 cm³/mol. The Balaban J connectivity index is 1.78. The first-order chi connectivity index (χ1) is 11.6. The Labute approximate surface area is 142 Å². The molecule has 0 heterocycles. The van der Waals surface area contributed by atoms with Crippen molar-refractivity contribution in [2.24, 2.45) is 0 Å². The van der Waals surface area contributed by atoms with E-state index in [0.29, 0.717) is 11.3 Å². The van der Waals surface area contributed by atoms with E-state index in [1.165, 1.54) is 5.56 Å². The van der Waals surface area contributed by atoms with Crippen molar-refractivity contribution < 1.29 is 14.3 Å². The average Bonchev–Trinajstić information content (AvgIpc) is 2.62. The highest BCUT2D eigenvalue weighted by atomic mass is 16.5. The number of aryl methyl sites for hydroxylation is 1. The van der Waals surface area contributed by atoms with Crippen LogP contribution in [0.25, 0.3) is 0 Å². The summed E-state index contributed by atoms with van der Waals surface area (Å²) < 4.78 is 5.09. The zero-order valence-corrected chi connectivity index (χ0v) is 14.0. The highest BCUT2D eigenvalue weighted by Gasteiger charge is 2.08. The lowest BCUT2D eigenvalue weighted by atomic mass is 10.1. The van der Waals surface area contributed by atoms with E-state index in [9.17, 15) is 9.59 Å². The Morgan fingerprint density at radius 3 is 2.50 bits per heavy atom. The maximum Gasteiger partial charge on any atom is 0.251 e. The summed E-state index contributed by atoms with van der Waals surface area (Å²) in [5.74, 6) is 0.259. The van der Waals surface area contributed by atoms with Crippen LogP contribution in [-0.4, -0.2) is 25.5 Å². The first-order valence-corrected chi connectivity index (χ1v) is 7.93. The Bertz CT molecular complexity index is 696. The minimum Gasteiger partial charge on any atom is -0.497 e. The van der Waals surface area contributed by atoms with Crippen molar-refractivity contribution in [3.8, 4) is 5.75 Å². The number of amides is 2. The maximum atomic E-state index is 12.0. The lowest BCUT2D eigenvalue weighted by molar-refractivity contribution is -0.116. The summed E-state index contributed by atoms with van der Waals surface area (Å²) in [5, 5.41) is 5.54. The Morgan fingerprint density at radius 2 is 1.83 bits per heavy atom. The third-order valence-electron chi connectivity index (χ3n) is 3.62. The second-order valence-electron chi connectivity index (χ2n) is 5.34. The third kappa shape index (κ3) is 5.12. The minimum atomic E-state index is -0.228. The third-order valence-corrected chi connectivity index (χ3v) is 3.62.